The van der Waals surface area contributed by atoms with Gasteiger partial charge in [0.2, 0.25) is 5.78 Å². The molecule has 0 aliphatic heterocycles. The van der Waals surface area contributed by atoms with Gasteiger partial charge in [-0.1, -0.05) is 0 Å². The van der Waals surface area contributed by atoms with Gasteiger partial charge in [-0.2, -0.15) is 13.7 Å². The molecule has 29 heavy (non-hydrogen) atoms. The second-order valence-electron chi connectivity index (χ2n) is 7.27. The monoisotopic (exact) mass is 419 g/mol. The number of alkyl halides is 1. The number of benzene rings is 1. The van der Waals surface area contributed by atoms with Crippen molar-refractivity contribution in [3.05, 3.63) is 41.2 Å². The van der Waals surface area contributed by atoms with Gasteiger partial charge in [0, 0.05) is 37.3 Å². The summed E-state index contributed by atoms with van der Waals surface area (Å²) in [4.78, 5) is 17.2. The molecule has 9 heteroatoms. The molecule has 1 aromatic heterocycles. The van der Waals surface area contributed by atoms with Crippen molar-refractivity contribution in [2.75, 3.05) is 26.5 Å². The number of hydrogen-bond acceptors (Lipinski definition) is 6. The van der Waals surface area contributed by atoms with Crippen LogP contribution in [0.1, 0.15) is 41.2 Å². The SMILES string of the molecule is CN(C)/C=C(\C#N)C(=O)c1cc2cc(C3CC3)c(OS(=O)(=O)CCCF)cc2[nH]1. The van der Waals surface area contributed by atoms with Gasteiger partial charge in [-0.25, -0.2) is 0 Å². The average Bonchev–Trinajstić information content (AvgIpc) is 3.42. The van der Waals surface area contributed by atoms with Crippen molar-refractivity contribution in [1.29, 1.82) is 5.26 Å². The first-order chi connectivity index (χ1) is 13.7. The summed E-state index contributed by atoms with van der Waals surface area (Å²) in [6.07, 6.45) is 3.16. The van der Waals surface area contributed by atoms with E-state index in [1.54, 1.807) is 31.1 Å². The van der Waals surface area contributed by atoms with Crippen molar-refractivity contribution in [3.8, 4) is 11.8 Å². The zero-order valence-electron chi connectivity index (χ0n) is 16.2. The Kier molecular flexibility index (Phi) is 5.94. The standard InChI is InChI=1S/C20H22FN3O4S/c1-24(2)12-15(11-22)20(25)18-9-14-8-16(13-4-5-13)19(10-17(14)23-18)28-29(26,27)7-3-6-21/h8-10,12-13,23H,3-7H2,1-2H3/b15-12+. The van der Waals surface area contributed by atoms with Crippen LogP contribution in [0.25, 0.3) is 10.9 Å². The fraction of sp³-hybridized carbons (Fsp3) is 0.400. The summed E-state index contributed by atoms with van der Waals surface area (Å²) in [6, 6.07) is 6.90. The Morgan fingerprint density at radius 2 is 2.10 bits per heavy atom. The second-order valence-corrected chi connectivity index (χ2v) is 8.96. The van der Waals surface area contributed by atoms with Crippen LogP contribution in [0.5, 0.6) is 5.75 Å². The molecule has 7 nitrogen and oxygen atoms in total. The van der Waals surface area contributed by atoms with Crippen LogP contribution in [0.3, 0.4) is 0 Å². The lowest BCUT2D eigenvalue weighted by molar-refractivity contribution is 0.103. The summed E-state index contributed by atoms with van der Waals surface area (Å²) in [5.74, 6) is -0.461. The predicted molar refractivity (Wildman–Crippen MR) is 107 cm³/mol. The lowest BCUT2D eigenvalue weighted by Gasteiger charge is -2.11. The summed E-state index contributed by atoms with van der Waals surface area (Å²) in [5.41, 5.74) is 1.49. The average molecular weight is 419 g/mol. The van der Waals surface area contributed by atoms with Crippen molar-refractivity contribution < 1.29 is 21.8 Å². The smallest absolute Gasteiger partial charge is 0.309 e. The van der Waals surface area contributed by atoms with Gasteiger partial charge >= 0.3 is 10.1 Å². The number of nitriles is 1. The van der Waals surface area contributed by atoms with E-state index >= 15 is 0 Å². The molecule has 1 heterocycles. The topological polar surface area (TPSA) is 103 Å². The Hall–Kier alpha value is -2.86. The Labute approximate surface area is 168 Å². The molecule has 3 rings (SSSR count). The summed E-state index contributed by atoms with van der Waals surface area (Å²) in [5, 5.41) is 9.98. The number of carbonyl (C=O) groups is 1. The molecule has 0 amide bonds. The highest BCUT2D eigenvalue weighted by Gasteiger charge is 2.29. The van der Waals surface area contributed by atoms with Gasteiger partial charge in [-0.15, -0.1) is 0 Å². The number of aromatic nitrogens is 1. The molecule has 1 saturated carbocycles. The molecule has 1 fully saturated rings. The minimum Gasteiger partial charge on any atom is -0.382 e. The number of hydrogen-bond donors (Lipinski definition) is 1. The third-order valence-corrected chi connectivity index (χ3v) is 5.73. The molecule has 0 bridgehead atoms. The predicted octanol–water partition coefficient (Wildman–Crippen LogP) is 3.27. The Balaban J connectivity index is 1.99. The summed E-state index contributed by atoms with van der Waals surface area (Å²) < 4.78 is 41.9. The van der Waals surface area contributed by atoms with Crippen molar-refractivity contribution >= 4 is 26.8 Å². The van der Waals surface area contributed by atoms with Crippen LogP contribution in [0, 0.1) is 11.3 Å². The van der Waals surface area contributed by atoms with E-state index < -0.39 is 28.3 Å². The molecule has 0 radical (unpaired) electrons. The van der Waals surface area contributed by atoms with Gasteiger partial charge in [-0.3, -0.25) is 9.18 Å². The van der Waals surface area contributed by atoms with E-state index in [0.29, 0.717) is 5.52 Å². The molecule has 1 aromatic carbocycles. The summed E-state index contributed by atoms with van der Waals surface area (Å²) in [6.45, 7) is -0.735. The van der Waals surface area contributed by atoms with E-state index in [1.165, 1.54) is 6.20 Å². The van der Waals surface area contributed by atoms with Crippen LogP contribution < -0.4 is 4.18 Å². The Morgan fingerprint density at radius 1 is 1.38 bits per heavy atom. The lowest BCUT2D eigenvalue weighted by atomic mass is 10.1. The van der Waals surface area contributed by atoms with Crippen molar-refractivity contribution in [2.45, 2.75) is 25.2 Å². The number of nitrogens with one attached hydrogen (secondary N) is 1. The van der Waals surface area contributed by atoms with Gasteiger partial charge in [0.05, 0.1) is 18.1 Å². The van der Waals surface area contributed by atoms with Crippen LogP contribution in [0.2, 0.25) is 0 Å². The number of nitrogens with zero attached hydrogens (tertiary/aromatic N) is 2. The number of ketones is 1. The molecule has 0 saturated heterocycles. The van der Waals surface area contributed by atoms with Crippen LogP contribution >= 0.6 is 0 Å². The molecule has 154 valence electrons. The number of Topliss-reactive ketones (excluding diaryl/α,β-unsaturated/α-hetero) is 1. The third kappa shape index (κ3) is 4.95. The quantitative estimate of drug-likeness (QED) is 0.290. The zero-order valence-corrected chi connectivity index (χ0v) is 17.1. The molecule has 1 N–H and O–H groups in total. The van der Waals surface area contributed by atoms with E-state index in [9.17, 15) is 22.9 Å². The maximum absolute atomic E-state index is 12.6. The Morgan fingerprint density at radius 3 is 2.69 bits per heavy atom. The lowest BCUT2D eigenvalue weighted by Crippen LogP contribution is -2.15. The fourth-order valence-corrected chi connectivity index (χ4v) is 4.00. The van der Waals surface area contributed by atoms with Crippen molar-refractivity contribution in [2.24, 2.45) is 0 Å². The molecular weight excluding hydrogens is 397 g/mol. The van der Waals surface area contributed by atoms with Crippen molar-refractivity contribution in [1.82, 2.24) is 9.88 Å². The number of carbonyl (C=O) groups excluding carboxylic acids is 1. The van der Waals surface area contributed by atoms with E-state index in [4.69, 9.17) is 4.18 Å². The highest BCUT2D eigenvalue weighted by molar-refractivity contribution is 7.87. The highest BCUT2D eigenvalue weighted by Crippen LogP contribution is 2.46. The number of H-pyrrole nitrogens is 1. The van der Waals surface area contributed by atoms with Gasteiger partial charge in [0.1, 0.15) is 17.4 Å². The fourth-order valence-electron chi connectivity index (χ4n) is 3.04. The van der Waals surface area contributed by atoms with Crippen LogP contribution in [-0.4, -0.2) is 50.6 Å². The van der Waals surface area contributed by atoms with Crippen LogP contribution in [-0.2, 0) is 10.1 Å². The van der Waals surface area contributed by atoms with Crippen LogP contribution in [0.15, 0.2) is 30.0 Å². The molecule has 0 atom stereocenters. The zero-order chi connectivity index (χ0) is 21.2. The third-order valence-electron chi connectivity index (χ3n) is 4.51. The van der Waals surface area contributed by atoms with Crippen LogP contribution in [0.4, 0.5) is 4.39 Å². The first kappa shape index (κ1) is 20.9. The largest absolute Gasteiger partial charge is 0.382 e. The van der Waals surface area contributed by atoms with E-state index in [0.717, 1.165) is 23.8 Å². The van der Waals surface area contributed by atoms with Gasteiger partial charge in [0.15, 0.2) is 0 Å². The molecule has 1 aliphatic rings. The first-order valence-corrected chi connectivity index (χ1v) is 10.8. The van der Waals surface area contributed by atoms with Gasteiger partial charge in [-0.05, 0) is 42.9 Å². The van der Waals surface area contributed by atoms with E-state index in [2.05, 4.69) is 4.98 Å². The summed E-state index contributed by atoms with van der Waals surface area (Å²) in [7, 11) is -0.487. The number of allylic oxidation sites excluding steroid dienone is 1. The molecule has 2 aromatic rings. The minimum absolute atomic E-state index is 0.0192. The molecule has 0 unspecified atom stereocenters. The normalized spacial score (nSPS) is 14.6. The second kappa shape index (κ2) is 8.25. The first-order valence-electron chi connectivity index (χ1n) is 9.22. The van der Waals surface area contributed by atoms with E-state index in [1.807, 2.05) is 12.1 Å². The maximum Gasteiger partial charge on any atom is 0.309 e. The number of halogens is 1. The Bertz CT molecular complexity index is 1110. The highest BCUT2D eigenvalue weighted by atomic mass is 32.2. The molecule has 0 spiro atoms. The number of rotatable bonds is 9. The number of aromatic amines is 1. The molecule has 1 aliphatic carbocycles. The summed E-state index contributed by atoms with van der Waals surface area (Å²) >= 11 is 0. The maximum atomic E-state index is 12.6. The van der Waals surface area contributed by atoms with E-state index in [-0.39, 0.29) is 29.4 Å². The number of fused-ring (bicyclic) bond motifs is 1. The van der Waals surface area contributed by atoms with Gasteiger partial charge < -0.3 is 14.1 Å². The van der Waals surface area contributed by atoms with Gasteiger partial charge in [0.25, 0.3) is 0 Å². The molecular formula is C20H22FN3O4S. The minimum atomic E-state index is -3.91. The van der Waals surface area contributed by atoms with Crippen molar-refractivity contribution in [3.63, 3.8) is 0 Å².